The molecule has 34 heavy (non-hydrogen) atoms. The molecule has 0 aliphatic heterocycles. The Balaban J connectivity index is 1.83. The Bertz CT molecular complexity index is 1450. The third-order valence-corrected chi connectivity index (χ3v) is 6.28. The number of anilines is 1. The average Bonchev–Trinajstić information content (AvgIpc) is 3.22. The molecular formula is C26H17N3O4S. The van der Waals surface area contributed by atoms with Crippen molar-refractivity contribution in [1.29, 1.82) is 5.26 Å². The van der Waals surface area contributed by atoms with Gasteiger partial charge in [-0.3, -0.25) is 9.59 Å². The lowest BCUT2D eigenvalue weighted by Crippen LogP contribution is -2.21. The average molecular weight is 468 g/mol. The molecule has 166 valence electrons. The van der Waals surface area contributed by atoms with Crippen LogP contribution in [-0.4, -0.2) is 22.9 Å². The van der Waals surface area contributed by atoms with E-state index in [2.05, 4.69) is 11.4 Å². The minimum atomic E-state index is -1.25. The largest absolute Gasteiger partial charge is 0.478 e. The van der Waals surface area contributed by atoms with E-state index in [1.807, 2.05) is 60.7 Å². The van der Waals surface area contributed by atoms with E-state index in [-0.39, 0.29) is 22.3 Å². The summed E-state index contributed by atoms with van der Waals surface area (Å²) in [4.78, 5) is 37.1. The summed E-state index contributed by atoms with van der Waals surface area (Å²) < 4.78 is 0. The zero-order valence-electron chi connectivity index (χ0n) is 17.6. The van der Waals surface area contributed by atoms with Crippen molar-refractivity contribution >= 4 is 34.1 Å². The second-order valence-electron chi connectivity index (χ2n) is 7.24. The van der Waals surface area contributed by atoms with Crippen molar-refractivity contribution in [1.82, 2.24) is 0 Å². The maximum atomic E-state index is 13.1. The van der Waals surface area contributed by atoms with E-state index in [9.17, 15) is 24.8 Å². The summed E-state index contributed by atoms with van der Waals surface area (Å²) in [6.45, 7) is 0. The summed E-state index contributed by atoms with van der Waals surface area (Å²) >= 11 is 1.24. The molecule has 0 bridgehead atoms. The Morgan fingerprint density at radius 3 is 2.06 bits per heavy atom. The number of thiophene rings is 1. The van der Waals surface area contributed by atoms with Crippen molar-refractivity contribution in [3.8, 4) is 27.6 Å². The number of nitrogens with two attached hydrogens (primary N) is 1. The summed E-state index contributed by atoms with van der Waals surface area (Å²) in [7, 11) is 0. The molecule has 0 radical (unpaired) electrons. The van der Waals surface area contributed by atoms with Crippen molar-refractivity contribution in [2.24, 2.45) is 5.73 Å². The highest BCUT2D eigenvalue weighted by atomic mass is 32.1. The summed E-state index contributed by atoms with van der Waals surface area (Å²) in [5.41, 5.74) is 7.58. The van der Waals surface area contributed by atoms with Crippen molar-refractivity contribution in [3.05, 3.63) is 101 Å². The van der Waals surface area contributed by atoms with Gasteiger partial charge in [0, 0.05) is 10.4 Å². The number of aromatic carboxylic acids is 1. The lowest BCUT2D eigenvalue weighted by molar-refractivity contribution is 0.0696. The molecule has 0 saturated heterocycles. The monoisotopic (exact) mass is 467 g/mol. The molecule has 0 fully saturated rings. The first-order valence-electron chi connectivity index (χ1n) is 10.1. The zero-order chi connectivity index (χ0) is 24.2. The quantitative estimate of drug-likeness (QED) is 0.367. The van der Waals surface area contributed by atoms with Crippen LogP contribution in [0.3, 0.4) is 0 Å². The second-order valence-corrected chi connectivity index (χ2v) is 8.26. The van der Waals surface area contributed by atoms with Crippen LogP contribution in [-0.2, 0) is 0 Å². The van der Waals surface area contributed by atoms with Crippen LogP contribution >= 0.6 is 11.3 Å². The number of rotatable bonds is 6. The summed E-state index contributed by atoms with van der Waals surface area (Å²) in [5, 5.41) is 22.2. The van der Waals surface area contributed by atoms with Crippen LogP contribution in [0.5, 0.6) is 0 Å². The lowest BCUT2D eigenvalue weighted by Gasteiger charge is -2.08. The Kier molecular flexibility index (Phi) is 6.21. The third kappa shape index (κ3) is 4.28. The highest BCUT2D eigenvalue weighted by molar-refractivity contribution is 7.20. The number of carboxylic acids is 1. The van der Waals surface area contributed by atoms with Gasteiger partial charge >= 0.3 is 5.97 Å². The van der Waals surface area contributed by atoms with Gasteiger partial charge in [-0.1, -0.05) is 60.7 Å². The number of benzene rings is 3. The van der Waals surface area contributed by atoms with E-state index < -0.39 is 17.8 Å². The molecule has 1 aromatic heterocycles. The number of primary amides is 1. The molecule has 0 aliphatic rings. The van der Waals surface area contributed by atoms with Crippen LogP contribution in [0, 0.1) is 11.3 Å². The Hall–Kier alpha value is -4.74. The molecule has 4 rings (SSSR count). The molecule has 3 aromatic carbocycles. The lowest BCUT2D eigenvalue weighted by atomic mass is 9.98. The van der Waals surface area contributed by atoms with Crippen molar-refractivity contribution in [2.45, 2.75) is 0 Å². The predicted octanol–water partition coefficient (Wildman–Crippen LogP) is 5.00. The van der Waals surface area contributed by atoms with Crippen molar-refractivity contribution < 1.29 is 19.5 Å². The number of carbonyl (C=O) groups excluding carboxylic acids is 2. The van der Waals surface area contributed by atoms with E-state index in [1.54, 1.807) is 0 Å². The fourth-order valence-corrected chi connectivity index (χ4v) is 4.72. The van der Waals surface area contributed by atoms with E-state index in [0.29, 0.717) is 10.6 Å². The van der Waals surface area contributed by atoms with Gasteiger partial charge in [-0.25, -0.2) is 4.79 Å². The van der Waals surface area contributed by atoms with Gasteiger partial charge in [0.05, 0.1) is 22.3 Å². The van der Waals surface area contributed by atoms with Gasteiger partial charge in [0.1, 0.15) is 11.1 Å². The SMILES string of the molecule is N#Cc1c(NC(=O)c2ccc(C(=O)O)cc2C(N)=O)sc(-c2ccccc2)c1-c1ccccc1. The normalized spacial score (nSPS) is 10.3. The van der Waals surface area contributed by atoms with Gasteiger partial charge in [-0.05, 0) is 29.3 Å². The maximum Gasteiger partial charge on any atom is 0.335 e. The number of carbonyl (C=O) groups is 3. The van der Waals surface area contributed by atoms with Gasteiger partial charge in [-0.15, -0.1) is 11.3 Å². The standard InChI is InChI=1S/C26H17N3O4S/c27-14-20-21(15-7-3-1-4-8-15)22(16-9-5-2-6-10-16)34-25(20)29-24(31)18-12-11-17(26(32)33)13-19(18)23(28)30/h1-13H,(H2,28,30)(H,29,31)(H,32,33). The Labute approximate surface area is 198 Å². The fourth-order valence-electron chi connectivity index (χ4n) is 3.55. The number of hydrogen-bond acceptors (Lipinski definition) is 5. The van der Waals surface area contributed by atoms with Crippen LogP contribution in [0.15, 0.2) is 78.9 Å². The molecule has 7 nitrogen and oxygen atoms in total. The fraction of sp³-hybridized carbons (Fsp3) is 0. The predicted molar refractivity (Wildman–Crippen MR) is 130 cm³/mol. The maximum absolute atomic E-state index is 13.1. The number of nitrogens with one attached hydrogen (secondary N) is 1. The van der Waals surface area contributed by atoms with Crippen molar-refractivity contribution in [3.63, 3.8) is 0 Å². The summed E-state index contributed by atoms with van der Waals surface area (Å²) in [5.74, 6) is -2.86. The smallest absolute Gasteiger partial charge is 0.335 e. The van der Waals surface area contributed by atoms with E-state index in [0.717, 1.165) is 22.1 Å². The van der Waals surface area contributed by atoms with Gasteiger partial charge in [0.15, 0.2) is 0 Å². The molecule has 4 aromatic rings. The topological polar surface area (TPSA) is 133 Å². The Morgan fingerprint density at radius 1 is 0.882 bits per heavy atom. The minimum Gasteiger partial charge on any atom is -0.478 e. The first-order chi connectivity index (χ1) is 16.4. The molecule has 2 amide bonds. The molecule has 1 heterocycles. The Morgan fingerprint density at radius 2 is 1.50 bits per heavy atom. The van der Waals surface area contributed by atoms with Crippen LogP contribution < -0.4 is 11.1 Å². The number of nitrogens with zero attached hydrogens (tertiary/aromatic N) is 1. The van der Waals surface area contributed by atoms with Crippen molar-refractivity contribution in [2.75, 3.05) is 5.32 Å². The molecule has 4 N–H and O–H groups in total. The van der Waals surface area contributed by atoms with Crippen LogP contribution in [0.1, 0.15) is 36.6 Å². The minimum absolute atomic E-state index is 0.0858. The molecule has 8 heteroatoms. The van der Waals surface area contributed by atoms with Gasteiger partial charge in [-0.2, -0.15) is 5.26 Å². The van der Waals surface area contributed by atoms with E-state index in [4.69, 9.17) is 5.73 Å². The molecule has 0 unspecified atom stereocenters. The van der Waals surface area contributed by atoms with Gasteiger partial charge in [0.25, 0.3) is 5.91 Å². The first kappa shape index (κ1) is 22.5. The number of amides is 2. The molecule has 0 aliphatic carbocycles. The third-order valence-electron chi connectivity index (χ3n) is 5.12. The van der Waals surface area contributed by atoms with Crippen LogP contribution in [0.2, 0.25) is 0 Å². The summed E-state index contributed by atoms with van der Waals surface area (Å²) in [6, 6.07) is 24.6. The van der Waals surface area contributed by atoms with Crippen LogP contribution in [0.4, 0.5) is 5.00 Å². The summed E-state index contributed by atoms with van der Waals surface area (Å²) in [6.07, 6.45) is 0. The number of carboxylic acid groups (broad SMARTS) is 1. The van der Waals surface area contributed by atoms with Gasteiger partial charge in [0.2, 0.25) is 5.91 Å². The number of nitriles is 1. The zero-order valence-corrected chi connectivity index (χ0v) is 18.4. The first-order valence-corrected chi connectivity index (χ1v) is 10.9. The van der Waals surface area contributed by atoms with Crippen LogP contribution in [0.25, 0.3) is 21.6 Å². The van der Waals surface area contributed by atoms with Gasteiger partial charge < -0.3 is 16.2 Å². The highest BCUT2D eigenvalue weighted by Gasteiger charge is 2.24. The molecule has 0 atom stereocenters. The second kappa shape index (κ2) is 9.40. The van der Waals surface area contributed by atoms with E-state index >= 15 is 0 Å². The van der Waals surface area contributed by atoms with E-state index in [1.165, 1.54) is 23.5 Å². The molecule has 0 saturated carbocycles. The molecule has 0 spiro atoms. The number of hydrogen-bond donors (Lipinski definition) is 3. The highest BCUT2D eigenvalue weighted by Crippen LogP contribution is 2.45. The molecular weight excluding hydrogens is 450 g/mol.